The SMILES string of the molecule is O=C(c1cccnc1Sc1ccccc1)N1CCC(C(=O)N2CCCCCC2)CC1. The van der Waals surface area contributed by atoms with Gasteiger partial charge in [-0.2, -0.15) is 0 Å². The number of hydrogen-bond donors (Lipinski definition) is 0. The molecule has 0 bridgehead atoms. The van der Waals surface area contributed by atoms with Gasteiger partial charge in [-0.3, -0.25) is 9.59 Å². The molecule has 1 aromatic heterocycles. The Balaban J connectivity index is 1.38. The number of benzene rings is 1. The maximum atomic E-state index is 13.2. The van der Waals surface area contributed by atoms with E-state index in [1.54, 1.807) is 6.20 Å². The summed E-state index contributed by atoms with van der Waals surface area (Å²) in [5.41, 5.74) is 0.642. The predicted molar refractivity (Wildman–Crippen MR) is 118 cm³/mol. The summed E-state index contributed by atoms with van der Waals surface area (Å²) in [5.74, 6) is 0.368. The smallest absolute Gasteiger partial charge is 0.256 e. The van der Waals surface area contributed by atoms with Crippen molar-refractivity contribution in [1.29, 1.82) is 0 Å². The number of aromatic nitrogens is 1. The Morgan fingerprint density at radius 3 is 2.23 bits per heavy atom. The van der Waals surface area contributed by atoms with Crippen molar-refractivity contribution in [2.24, 2.45) is 5.92 Å². The molecule has 5 nitrogen and oxygen atoms in total. The van der Waals surface area contributed by atoms with Crippen LogP contribution >= 0.6 is 11.8 Å². The lowest BCUT2D eigenvalue weighted by Gasteiger charge is -2.34. The first-order chi connectivity index (χ1) is 14.7. The van der Waals surface area contributed by atoms with E-state index in [0.29, 0.717) is 24.6 Å². The molecule has 2 aliphatic heterocycles. The highest BCUT2D eigenvalue weighted by Gasteiger charge is 2.31. The average Bonchev–Trinajstić information content (AvgIpc) is 3.09. The normalized spacial score (nSPS) is 18.1. The maximum Gasteiger partial charge on any atom is 0.256 e. The Morgan fingerprint density at radius 2 is 1.53 bits per heavy atom. The van der Waals surface area contributed by atoms with Gasteiger partial charge in [-0.15, -0.1) is 0 Å². The minimum atomic E-state index is 0.0159. The molecule has 4 rings (SSSR count). The van der Waals surface area contributed by atoms with E-state index < -0.39 is 0 Å². The van der Waals surface area contributed by atoms with E-state index in [9.17, 15) is 9.59 Å². The first kappa shape index (κ1) is 20.9. The van der Waals surface area contributed by atoms with E-state index in [0.717, 1.165) is 48.7 Å². The third-order valence-corrected chi connectivity index (χ3v) is 7.03. The summed E-state index contributed by atoms with van der Waals surface area (Å²) in [4.78, 5) is 35.6. The molecular weight excluding hydrogens is 394 g/mol. The van der Waals surface area contributed by atoms with Gasteiger partial charge in [0.2, 0.25) is 5.91 Å². The predicted octanol–water partition coefficient (Wildman–Crippen LogP) is 4.49. The van der Waals surface area contributed by atoms with Gasteiger partial charge in [-0.1, -0.05) is 42.8 Å². The fourth-order valence-electron chi connectivity index (χ4n) is 4.28. The molecular formula is C24H29N3O2S. The van der Waals surface area contributed by atoms with Crippen LogP contribution in [0.5, 0.6) is 0 Å². The van der Waals surface area contributed by atoms with E-state index in [2.05, 4.69) is 9.88 Å². The minimum Gasteiger partial charge on any atom is -0.342 e. The summed E-state index contributed by atoms with van der Waals surface area (Å²) < 4.78 is 0. The molecule has 0 aliphatic carbocycles. The van der Waals surface area contributed by atoms with Crippen LogP contribution in [0, 0.1) is 5.92 Å². The largest absolute Gasteiger partial charge is 0.342 e. The Hall–Kier alpha value is -2.34. The van der Waals surface area contributed by atoms with Crippen molar-refractivity contribution in [3.63, 3.8) is 0 Å². The van der Waals surface area contributed by atoms with Crippen LogP contribution in [0.15, 0.2) is 58.6 Å². The first-order valence-electron chi connectivity index (χ1n) is 11.0. The van der Waals surface area contributed by atoms with Crippen LogP contribution in [-0.4, -0.2) is 52.8 Å². The van der Waals surface area contributed by atoms with Gasteiger partial charge in [0.1, 0.15) is 5.03 Å². The van der Waals surface area contributed by atoms with Gasteiger partial charge in [0, 0.05) is 43.2 Å². The lowest BCUT2D eigenvalue weighted by molar-refractivity contribution is -0.136. The van der Waals surface area contributed by atoms with Crippen LogP contribution in [0.4, 0.5) is 0 Å². The zero-order valence-corrected chi connectivity index (χ0v) is 18.2. The molecule has 6 heteroatoms. The van der Waals surface area contributed by atoms with Crippen LogP contribution in [-0.2, 0) is 4.79 Å². The van der Waals surface area contributed by atoms with E-state index in [-0.39, 0.29) is 11.8 Å². The van der Waals surface area contributed by atoms with Crippen LogP contribution in [0.3, 0.4) is 0 Å². The van der Waals surface area contributed by atoms with Crippen LogP contribution in [0.25, 0.3) is 0 Å². The number of nitrogens with zero attached hydrogens (tertiary/aromatic N) is 3. The molecule has 2 aromatic rings. The van der Waals surface area contributed by atoms with E-state index in [4.69, 9.17) is 0 Å². The molecule has 1 aromatic carbocycles. The summed E-state index contributed by atoms with van der Waals surface area (Å²) in [6, 6.07) is 13.7. The number of likely N-dealkylation sites (tertiary alicyclic amines) is 2. The molecule has 2 aliphatic rings. The van der Waals surface area contributed by atoms with Crippen LogP contribution in [0.2, 0.25) is 0 Å². The topological polar surface area (TPSA) is 53.5 Å². The first-order valence-corrected chi connectivity index (χ1v) is 11.8. The molecule has 30 heavy (non-hydrogen) atoms. The molecule has 3 heterocycles. The monoisotopic (exact) mass is 423 g/mol. The van der Waals surface area contributed by atoms with Crippen molar-refractivity contribution < 1.29 is 9.59 Å². The van der Waals surface area contributed by atoms with Crippen molar-refractivity contribution in [2.45, 2.75) is 48.4 Å². The van der Waals surface area contributed by atoms with E-state index in [1.165, 1.54) is 24.6 Å². The molecule has 0 radical (unpaired) electrons. The van der Waals surface area contributed by atoms with Crippen molar-refractivity contribution in [2.75, 3.05) is 26.2 Å². The second-order valence-electron chi connectivity index (χ2n) is 8.08. The Morgan fingerprint density at radius 1 is 0.833 bits per heavy atom. The molecule has 158 valence electrons. The number of rotatable bonds is 4. The summed E-state index contributed by atoms with van der Waals surface area (Å²) in [6.07, 6.45) is 7.92. The minimum absolute atomic E-state index is 0.0159. The molecule has 0 unspecified atom stereocenters. The molecule has 0 spiro atoms. The number of hydrogen-bond acceptors (Lipinski definition) is 4. The van der Waals surface area contributed by atoms with Crippen molar-refractivity contribution in [3.8, 4) is 0 Å². The summed E-state index contributed by atoms with van der Waals surface area (Å²) in [5, 5.41) is 0.733. The molecule has 0 N–H and O–H groups in total. The number of piperidine rings is 1. The number of carbonyl (C=O) groups is 2. The molecule has 2 fully saturated rings. The van der Waals surface area contributed by atoms with Gasteiger partial charge in [-0.05, 0) is 49.9 Å². The zero-order valence-electron chi connectivity index (χ0n) is 17.3. The lowest BCUT2D eigenvalue weighted by atomic mass is 9.94. The molecule has 2 saturated heterocycles. The fourth-order valence-corrected chi connectivity index (χ4v) is 5.18. The Bertz CT molecular complexity index is 858. The van der Waals surface area contributed by atoms with Gasteiger partial charge in [0.25, 0.3) is 5.91 Å². The fraction of sp³-hybridized carbons (Fsp3) is 0.458. The highest BCUT2D eigenvalue weighted by Crippen LogP contribution is 2.30. The van der Waals surface area contributed by atoms with Crippen molar-refractivity contribution >= 4 is 23.6 Å². The summed E-state index contributed by atoms with van der Waals surface area (Å²) in [6.45, 7) is 3.06. The van der Waals surface area contributed by atoms with Gasteiger partial charge in [-0.25, -0.2) is 4.98 Å². The van der Waals surface area contributed by atoms with Crippen LogP contribution in [0.1, 0.15) is 48.9 Å². The Kier molecular flexibility index (Phi) is 7.05. The van der Waals surface area contributed by atoms with Crippen molar-refractivity contribution in [1.82, 2.24) is 14.8 Å². The zero-order chi connectivity index (χ0) is 20.8. The van der Waals surface area contributed by atoms with Gasteiger partial charge >= 0.3 is 0 Å². The second kappa shape index (κ2) is 10.1. The highest BCUT2D eigenvalue weighted by atomic mass is 32.2. The number of amides is 2. The standard InChI is InChI=1S/C24H29N3O2S/c28-23(26-15-6-1-2-7-16-26)19-12-17-27(18-13-19)24(29)21-11-8-14-25-22(21)30-20-9-4-3-5-10-20/h3-5,8-11,14,19H,1-2,6-7,12-13,15-18H2. The molecule has 0 atom stereocenters. The summed E-state index contributed by atoms with van der Waals surface area (Å²) in [7, 11) is 0. The molecule has 2 amide bonds. The number of carbonyl (C=O) groups excluding carboxylic acids is 2. The third-order valence-electron chi connectivity index (χ3n) is 6.01. The van der Waals surface area contributed by atoms with Crippen molar-refractivity contribution in [3.05, 3.63) is 54.2 Å². The second-order valence-corrected chi connectivity index (χ2v) is 9.14. The maximum absolute atomic E-state index is 13.2. The molecule has 0 saturated carbocycles. The van der Waals surface area contributed by atoms with Gasteiger partial charge < -0.3 is 9.80 Å². The Labute approximate surface area is 182 Å². The van der Waals surface area contributed by atoms with E-state index >= 15 is 0 Å². The highest BCUT2D eigenvalue weighted by molar-refractivity contribution is 7.99. The lowest BCUT2D eigenvalue weighted by Crippen LogP contribution is -2.44. The number of pyridine rings is 1. The van der Waals surface area contributed by atoms with Gasteiger partial charge in [0.05, 0.1) is 5.56 Å². The average molecular weight is 424 g/mol. The quantitative estimate of drug-likeness (QED) is 0.727. The van der Waals surface area contributed by atoms with Crippen LogP contribution < -0.4 is 0 Å². The third kappa shape index (κ3) is 5.04. The van der Waals surface area contributed by atoms with Gasteiger partial charge in [0.15, 0.2) is 0 Å². The summed E-state index contributed by atoms with van der Waals surface area (Å²) >= 11 is 1.51. The van der Waals surface area contributed by atoms with E-state index in [1.807, 2.05) is 47.4 Å².